The molecule has 0 aliphatic carbocycles. The second-order valence-electron chi connectivity index (χ2n) is 8.85. The number of amides is 2. The molecule has 1 saturated heterocycles. The molecule has 2 amide bonds. The molecule has 0 bridgehead atoms. The number of rotatable bonds is 8. The molecule has 0 aromatic heterocycles. The molecular formula is C23H37N3O2. The topological polar surface area (TPSA) is 43.9 Å². The highest BCUT2D eigenvalue weighted by Crippen LogP contribution is 2.12. The zero-order chi connectivity index (χ0) is 20.7. The maximum Gasteiger partial charge on any atom is 0.236 e. The number of carbonyl (C=O) groups excluding carboxylic acids is 2. The van der Waals surface area contributed by atoms with Crippen LogP contribution in [0.3, 0.4) is 0 Å². The molecular weight excluding hydrogens is 350 g/mol. The fraction of sp³-hybridized carbons (Fsp3) is 0.652. The van der Waals surface area contributed by atoms with E-state index in [-0.39, 0.29) is 11.8 Å². The fourth-order valence-corrected chi connectivity index (χ4v) is 3.69. The van der Waals surface area contributed by atoms with E-state index in [1.807, 2.05) is 41.0 Å². The van der Waals surface area contributed by atoms with E-state index in [4.69, 9.17) is 0 Å². The average Bonchev–Trinajstić information content (AvgIpc) is 2.63. The minimum absolute atomic E-state index is 0.182. The largest absolute Gasteiger partial charge is 0.341 e. The van der Waals surface area contributed by atoms with Crippen molar-refractivity contribution >= 4 is 11.8 Å². The minimum atomic E-state index is 0.182. The molecule has 0 spiro atoms. The molecule has 0 atom stereocenters. The third-order valence-corrected chi connectivity index (χ3v) is 5.21. The van der Waals surface area contributed by atoms with Crippen molar-refractivity contribution in [3.63, 3.8) is 0 Å². The van der Waals surface area contributed by atoms with Gasteiger partial charge in [-0.3, -0.25) is 14.5 Å². The van der Waals surface area contributed by atoms with Crippen molar-refractivity contribution in [2.45, 2.75) is 41.0 Å². The summed E-state index contributed by atoms with van der Waals surface area (Å²) < 4.78 is 0. The van der Waals surface area contributed by atoms with Crippen molar-refractivity contribution < 1.29 is 9.59 Å². The smallest absolute Gasteiger partial charge is 0.236 e. The van der Waals surface area contributed by atoms with Crippen molar-refractivity contribution in [3.8, 4) is 0 Å². The second-order valence-corrected chi connectivity index (χ2v) is 8.85. The predicted molar refractivity (Wildman–Crippen MR) is 114 cm³/mol. The van der Waals surface area contributed by atoms with Gasteiger partial charge in [-0.15, -0.1) is 0 Å². The molecule has 0 N–H and O–H groups in total. The summed E-state index contributed by atoms with van der Waals surface area (Å²) in [6, 6.07) is 8.06. The van der Waals surface area contributed by atoms with Crippen LogP contribution < -0.4 is 0 Å². The Morgan fingerprint density at radius 1 is 0.964 bits per heavy atom. The van der Waals surface area contributed by atoms with Gasteiger partial charge in [-0.2, -0.15) is 0 Å². The van der Waals surface area contributed by atoms with Gasteiger partial charge in [0.05, 0.1) is 13.0 Å². The number of hydrogen-bond acceptors (Lipinski definition) is 3. The van der Waals surface area contributed by atoms with Crippen molar-refractivity contribution in [3.05, 3.63) is 35.4 Å². The van der Waals surface area contributed by atoms with Gasteiger partial charge < -0.3 is 9.80 Å². The summed E-state index contributed by atoms with van der Waals surface area (Å²) in [5.74, 6) is 1.33. The molecule has 0 saturated carbocycles. The molecule has 156 valence electrons. The number of benzene rings is 1. The molecule has 1 heterocycles. The van der Waals surface area contributed by atoms with Crippen LogP contribution >= 0.6 is 0 Å². The van der Waals surface area contributed by atoms with Crippen LogP contribution in [0.25, 0.3) is 0 Å². The van der Waals surface area contributed by atoms with E-state index in [1.165, 1.54) is 0 Å². The Morgan fingerprint density at radius 2 is 1.54 bits per heavy atom. The number of hydrogen-bond donors (Lipinski definition) is 0. The van der Waals surface area contributed by atoms with Gasteiger partial charge in [0.1, 0.15) is 0 Å². The second kappa shape index (κ2) is 10.6. The predicted octanol–water partition coefficient (Wildman–Crippen LogP) is 2.82. The van der Waals surface area contributed by atoms with Crippen molar-refractivity contribution in [1.29, 1.82) is 0 Å². The maximum absolute atomic E-state index is 12.8. The summed E-state index contributed by atoms with van der Waals surface area (Å²) in [6.45, 7) is 15.7. The van der Waals surface area contributed by atoms with Gasteiger partial charge in [-0.25, -0.2) is 0 Å². The van der Waals surface area contributed by atoms with Crippen LogP contribution in [-0.4, -0.2) is 72.3 Å². The highest BCUT2D eigenvalue weighted by atomic mass is 16.2. The standard InChI is InChI=1S/C23H37N3O2/c1-18(2)15-26(16-19(3)4)23(28)17-24-10-12-25(13-11-24)22(27)14-21-9-7-6-8-20(21)5/h6-9,18-19H,10-17H2,1-5H3. The molecule has 2 rings (SSSR count). The summed E-state index contributed by atoms with van der Waals surface area (Å²) in [5, 5.41) is 0. The lowest BCUT2D eigenvalue weighted by Gasteiger charge is -2.36. The third-order valence-electron chi connectivity index (χ3n) is 5.21. The van der Waals surface area contributed by atoms with Gasteiger partial charge >= 0.3 is 0 Å². The van der Waals surface area contributed by atoms with Gasteiger partial charge in [0, 0.05) is 39.3 Å². The zero-order valence-corrected chi connectivity index (χ0v) is 18.3. The van der Waals surface area contributed by atoms with E-state index in [2.05, 4.69) is 32.6 Å². The van der Waals surface area contributed by atoms with Crippen molar-refractivity contribution in [1.82, 2.24) is 14.7 Å². The molecule has 0 unspecified atom stereocenters. The highest BCUT2D eigenvalue weighted by Gasteiger charge is 2.25. The van der Waals surface area contributed by atoms with E-state index in [9.17, 15) is 9.59 Å². The maximum atomic E-state index is 12.8. The Balaban J connectivity index is 1.83. The van der Waals surface area contributed by atoms with Gasteiger partial charge in [0.15, 0.2) is 0 Å². The van der Waals surface area contributed by atoms with Crippen LogP contribution in [0.4, 0.5) is 0 Å². The molecule has 1 aliphatic rings. The fourth-order valence-electron chi connectivity index (χ4n) is 3.69. The molecule has 1 aromatic carbocycles. The zero-order valence-electron chi connectivity index (χ0n) is 18.3. The highest BCUT2D eigenvalue weighted by molar-refractivity contribution is 5.80. The molecule has 0 radical (unpaired) electrons. The van der Waals surface area contributed by atoms with Crippen LogP contribution in [0.1, 0.15) is 38.8 Å². The molecule has 5 nitrogen and oxygen atoms in total. The summed E-state index contributed by atoms with van der Waals surface area (Å²) in [7, 11) is 0. The van der Waals surface area contributed by atoms with E-state index in [0.717, 1.165) is 37.3 Å². The summed E-state index contributed by atoms with van der Waals surface area (Å²) in [6.07, 6.45) is 0.460. The third kappa shape index (κ3) is 6.93. The van der Waals surface area contributed by atoms with Gasteiger partial charge in [-0.1, -0.05) is 52.0 Å². The summed E-state index contributed by atoms with van der Waals surface area (Å²) >= 11 is 0. The molecule has 1 aliphatic heterocycles. The Labute approximate surface area is 170 Å². The minimum Gasteiger partial charge on any atom is -0.341 e. The van der Waals surface area contributed by atoms with E-state index in [0.29, 0.717) is 37.9 Å². The van der Waals surface area contributed by atoms with E-state index >= 15 is 0 Å². The first-order valence-electron chi connectivity index (χ1n) is 10.6. The Kier molecular flexibility index (Phi) is 8.49. The average molecular weight is 388 g/mol. The molecule has 28 heavy (non-hydrogen) atoms. The number of carbonyl (C=O) groups is 2. The first kappa shape index (κ1) is 22.4. The monoisotopic (exact) mass is 387 g/mol. The van der Waals surface area contributed by atoms with Crippen molar-refractivity contribution in [2.75, 3.05) is 45.8 Å². The normalized spacial score (nSPS) is 15.3. The number of nitrogens with zero attached hydrogens (tertiary/aromatic N) is 3. The first-order chi connectivity index (χ1) is 13.3. The van der Waals surface area contributed by atoms with Crippen LogP contribution in [-0.2, 0) is 16.0 Å². The van der Waals surface area contributed by atoms with Gasteiger partial charge in [-0.05, 0) is 29.9 Å². The lowest BCUT2D eigenvalue weighted by atomic mass is 10.1. The van der Waals surface area contributed by atoms with Gasteiger partial charge in [0.2, 0.25) is 11.8 Å². The Bertz CT molecular complexity index is 639. The number of aryl methyl sites for hydroxylation is 1. The summed E-state index contributed by atoms with van der Waals surface area (Å²) in [5.41, 5.74) is 2.26. The quantitative estimate of drug-likeness (QED) is 0.689. The van der Waals surface area contributed by atoms with Gasteiger partial charge in [0.25, 0.3) is 0 Å². The van der Waals surface area contributed by atoms with Crippen LogP contribution in [0, 0.1) is 18.8 Å². The first-order valence-corrected chi connectivity index (χ1v) is 10.6. The molecule has 1 fully saturated rings. The molecule has 1 aromatic rings. The van der Waals surface area contributed by atoms with Crippen LogP contribution in [0.2, 0.25) is 0 Å². The Hall–Kier alpha value is -1.88. The SMILES string of the molecule is Cc1ccccc1CC(=O)N1CCN(CC(=O)N(CC(C)C)CC(C)C)CC1. The van der Waals surface area contributed by atoms with Crippen LogP contribution in [0.5, 0.6) is 0 Å². The van der Waals surface area contributed by atoms with E-state index < -0.39 is 0 Å². The molecule has 5 heteroatoms. The van der Waals surface area contributed by atoms with E-state index in [1.54, 1.807) is 0 Å². The lowest BCUT2D eigenvalue weighted by molar-refractivity contribution is -0.135. The van der Waals surface area contributed by atoms with Crippen molar-refractivity contribution in [2.24, 2.45) is 11.8 Å². The van der Waals surface area contributed by atoms with Crippen LogP contribution in [0.15, 0.2) is 24.3 Å². The summed E-state index contributed by atoms with van der Waals surface area (Å²) in [4.78, 5) is 31.5. The lowest BCUT2D eigenvalue weighted by Crippen LogP contribution is -2.52. The number of piperazine rings is 1. The Morgan fingerprint density at radius 3 is 2.07 bits per heavy atom.